The monoisotopic (exact) mass is 504 g/mol. The maximum atomic E-state index is 12.9. The standard InChI is InChI=1S/C30H36N2O5/c1-4-16-32-17-15-29(24-8-6-10-27(19-24)37-22(2)33)20-25(13-14-30(29,35)21-32)31-28(34)12-11-23-7-5-9-26(18-23)36-3/h4-12,18-19,25,35H,1,13-17,20-21H2,2-3H3,(H,31,34)/t25-,29+,30+/m1/s1. The summed E-state index contributed by atoms with van der Waals surface area (Å²) in [5.74, 6) is 0.631. The molecular formula is C30H36N2O5. The zero-order valence-electron chi connectivity index (χ0n) is 21.6. The Kier molecular flexibility index (Phi) is 8.15. The number of carbonyl (C=O) groups is 2. The first-order chi connectivity index (χ1) is 17.8. The second kappa shape index (κ2) is 11.3. The van der Waals surface area contributed by atoms with Gasteiger partial charge in [0.25, 0.3) is 0 Å². The van der Waals surface area contributed by atoms with Crippen LogP contribution in [0.1, 0.15) is 43.7 Å². The molecule has 3 atom stereocenters. The van der Waals surface area contributed by atoms with E-state index in [0.29, 0.717) is 44.5 Å². The molecule has 37 heavy (non-hydrogen) atoms. The third kappa shape index (κ3) is 5.95. The number of rotatable bonds is 8. The minimum Gasteiger partial charge on any atom is -0.497 e. The molecule has 0 unspecified atom stereocenters. The molecule has 2 aliphatic rings. The van der Waals surface area contributed by atoms with Crippen LogP contribution in [-0.4, -0.2) is 60.3 Å². The number of esters is 1. The van der Waals surface area contributed by atoms with Crippen molar-refractivity contribution in [2.24, 2.45) is 0 Å². The minimum atomic E-state index is -0.985. The van der Waals surface area contributed by atoms with E-state index in [1.54, 1.807) is 19.3 Å². The Bertz CT molecular complexity index is 1180. The maximum Gasteiger partial charge on any atom is 0.308 e. The average Bonchev–Trinajstić information content (AvgIpc) is 2.88. The summed E-state index contributed by atoms with van der Waals surface area (Å²) < 4.78 is 10.6. The number of benzene rings is 2. The van der Waals surface area contributed by atoms with E-state index >= 15 is 0 Å². The molecule has 1 aliphatic heterocycles. The highest BCUT2D eigenvalue weighted by atomic mass is 16.5. The number of aliphatic hydroxyl groups is 1. The Labute approximate surface area is 218 Å². The molecule has 1 saturated carbocycles. The number of nitrogens with zero attached hydrogens (tertiary/aromatic N) is 1. The number of methoxy groups -OCH3 is 1. The molecule has 4 rings (SSSR count). The summed E-state index contributed by atoms with van der Waals surface area (Å²) in [5, 5.41) is 15.3. The lowest BCUT2D eigenvalue weighted by Gasteiger charge is -2.58. The lowest BCUT2D eigenvalue weighted by molar-refractivity contribution is -0.132. The van der Waals surface area contributed by atoms with Crippen molar-refractivity contribution in [1.29, 1.82) is 0 Å². The highest BCUT2D eigenvalue weighted by molar-refractivity contribution is 5.92. The van der Waals surface area contributed by atoms with Crippen molar-refractivity contribution in [2.75, 3.05) is 26.7 Å². The van der Waals surface area contributed by atoms with Gasteiger partial charge in [-0.2, -0.15) is 0 Å². The van der Waals surface area contributed by atoms with E-state index in [1.165, 1.54) is 13.0 Å². The molecule has 7 heteroatoms. The van der Waals surface area contributed by atoms with Crippen molar-refractivity contribution >= 4 is 18.0 Å². The van der Waals surface area contributed by atoms with E-state index in [0.717, 1.165) is 23.4 Å². The number of ether oxygens (including phenoxy) is 2. The van der Waals surface area contributed by atoms with Crippen LogP contribution in [0.3, 0.4) is 0 Å². The molecule has 1 heterocycles. The Morgan fingerprint density at radius 1 is 1.19 bits per heavy atom. The molecule has 0 spiro atoms. The molecule has 1 aliphatic carbocycles. The highest BCUT2D eigenvalue weighted by Gasteiger charge is 2.57. The first kappa shape index (κ1) is 26.6. The molecular weight excluding hydrogens is 468 g/mol. The number of nitrogens with one attached hydrogen (secondary N) is 1. The summed E-state index contributed by atoms with van der Waals surface area (Å²) in [6.45, 7) is 7.26. The second-order valence-corrected chi connectivity index (χ2v) is 10.1. The van der Waals surface area contributed by atoms with Crippen LogP contribution < -0.4 is 14.8 Å². The fourth-order valence-corrected chi connectivity index (χ4v) is 5.91. The zero-order chi connectivity index (χ0) is 26.5. The zero-order valence-corrected chi connectivity index (χ0v) is 21.6. The summed E-state index contributed by atoms with van der Waals surface area (Å²) in [5.41, 5.74) is 0.229. The van der Waals surface area contributed by atoms with Gasteiger partial charge in [-0.05, 0) is 73.7 Å². The first-order valence-corrected chi connectivity index (χ1v) is 12.7. The summed E-state index contributed by atoms with van der Waals surface area (Å²) in [7, 11) is 1.61. The number of hydrogen-bond acceptors (Lipinski definition) is 6. The number of carbonyl (C=O) groups excluding carboxylic acids is 2. The molecule has 0 radical (unpaired) electrons. The van der Waals surface area contributed by atoms with Gasteiger partial charge in [0.15, 0.2) is 0 Å². The molecule has 0 aromatic heterocycles. The van der Waals surface area contributed by atoms with E-state index in [2.05, 4.69) is 16.8 Å². The van der Waals surface area contributed by atoms with Crippen molar-refractivity contribution in [1.82, 2.24) is 10.2 Å². The predicted octanol–water partition coefficient (Wildman–Crippen LogP) is 3.86. The lowest BCUT2D eigenvalue weighted by Crippen LogP contribution is -2.67. The third-order valence-electron chi connectivity index (χ3n) is 7.63. The highest BCUT2D eigenvalue weighted by Crippen LogP contribution is 2.52. The van der Waals surface area contributed by atoms with Gasteiger partial charge in [-0.25, -0.2) is 0 Å². The number of amides is 1. The summed E-state index contributed by atoms with van der Waals surface area (Å²) in [6.07, 6.45) is 7.68. The fourth-order valence-electron chi connectivity index (χ4n) is 5.91. The first-order valence-electron chi connectivity index (χ1n) is 12.7. The van der Waals surface area contributed by atoms with Gasteiger partial charge >= 0.3 is 5.97 Å². The molecule has 2 aromatic rings. The minimum absolute atomic E-state index is 0.105. The number of fused-ring (bicyclic) bond motifs is 1. The summed E-state index contributed by atoms with van der Waals surface area (Å²) >= 11 is 0. The smallest absolute Gasteiger partial charge is 0.308 e. The summed E-state index contributed by atoms with van der Waals surface area (Å²) in [4.78, 5) is 26.7. The molecule has 196 valence electrons. The summed E-state index contributed by atoms with van der Waals surface area (Å²) in [6, 6.07) is 14.9. The molecule has 7 nitrogen and oxygen atoms in total. The number of β-amino-alcohol motifs (C(OH)–C–C–N with tert-alkyl or cyclic N) is 1. The van der Waals surface area contributed by atoms with Gasteiger partial charge in [-0.3, -0.25) is 14.5 Å². The molecule has 1 saturated heterocycles. The Morgan fingerprint density at radius 2 is 1.97 bits per heavy atom. The van der Waals surface area contributed by atoms with Crippen LogP contribution in [0.5, 0.6) is 11.5 Å². The van der Waals surface area contributed by atoms with Gasteiger partial charge in [0.05, 0.1) is 12.7 Å². The molecule has 0 bridgehead atoms. The van der Waals surface area contributed by atoms with Gasteiger partial charge in [0.1, 0.15) is 11.5 Å². The van der Waals surface area contributed by atoms with Crippen LogP contribution in [0.4, 0.5) is 0 Å². The average molecular weight is 505 g/mol. The van der Waals surface area contributed by atoms with Crippen molar-refractivity contribution in [3.05, 3.63) is 78.4 Å². The Morgan fingerprint density at radius 3 is 2.73 bits per heavy atom. The van der Waals surface area contributed by atoms with E-state index in [4.69, 9.17) is 9.47 Å². The number of hydrogen-bond donors (Lipinski definition) is 2. The van der Waals surface area contributed by atoms with E-state index < -0.39 is 11.0 Å². The molecule has 1 amide bonds. The second-order valence-electron chi connectivity index (χ2n) is 10.1. The van der Waals surface area contributed by atoms with Crippen molar-refractivity contribution in [3.63, 3.8) is 0 Å². The van der Waals surface area contributed by atoms with Crippen LogP contribution in [0.25, 0.3) is 6.08 Å². The predicted molar refractivity (Wildman–Crippen MR) is 143 cm³/mol. The van der Waals surface area contributed by atoms with E-state index in [-0.39, 0.29) is 17.9 Å². The Hall–Kier alpha value is -3.42. The van der Waals surface area contributed by atoms with Crippen LogP contribution in [0, 0.1) is 0 Å². The SMILES string of the molecule is C=CCN1CC[C@@]2(c3cccc(OC(C)=O)c3)C[C@H](NC(=O)C=Cc3cccc(OC)c3)CC[C@]2(O)C1. The van der Waals surface area contributed by atoms with Gasteiger partial charge in [-0.15, -0.1) is 6.58 Å². The van der Waals surface area contributed by atoms with Crippen LogP contribution >= 0.6 is 0 Å². The van der Waals surface area contributed by atoms with Crippen molar-refractivity contribution in [3.8, 4) is 11.5 Å². The molecule has 2 N–H and O–H groups in total. The topological polar surface area (TPSA) is 88.1 Å². The lowest BCUT2D eigenvalue weighted by atomic mass is 9.55. The normalized spacial score (nSPS) is 25.8. The van der Waals surface area contributed by atoms with Crippen LogP contribution in [-0.2, 0) is 15.0 Å². The van der Waals surface area contributed by atoms with Gasteiger partial charge < -0.3 is 19.9 Å². The van der Waals surface area contributed by atoms with Crippen LogP contribution in [0.2, 0.25) is 0 Å². The maximum absolute atomic E-state index is 12.9. The largest absolute Gasteiger partial charge is 0.497 e. The van der Waals surface area contributed by atoms with Gasteiger partial charge in [-0.1, -0.05) is 30.3 Å². The van der Waals surface area contributed by atoms with Crippen molar-refractivity contribution < 1.29 is 24.2 Å². The number of likely N-dealkylation sites (tertiary alicyclic amines) is 1. The van der Waals surface area contributed by atoms with Crippen LogP contribution in [0.15, 0.2) is 67.3 Å². The van der Waals surface area contributed by atoms with Crippen molar-refractivity contribution in [2.45, 2.75) is 49.7 Å². The quantitative estimate of drug-likeness (QED) is 0.246. The Balaban J connectivity index is 1.57. The van der Waals surface area contributed by atoms with Gasteiger partial charge in [0, 0.05) is 37.5 Å². The molecule has 2 fully saturated rings. The number of piperidine rings is 1. The van der Waals surface area contributed by atoms with E-state index in [1.807, 2.05) is 48.5 Å². The van der Waals surface area contributed by atoms with E-state index in [9.17, 15) is 14.7 Å². The fraction of sp³-hybridized carbons (Fsp3) is 0.400. The third-order valence-corrected chi connectivity index (χ3v) is 7.63. The van der Waals surface area contributed by atoms with Gasteiger partial charge in [0.2, 0.25) is 5.91 Å². The molecule has 2 aromatic carbocycles.